The molecule has 0 N–H and O–H groups in total. The second kappa shape index (κ2) is 10.4. The summed E-state index contributed by atoms with van der Waals surface area (Å²) in [7, 11) is 4.67. The molecule has 8 nitrogen and oxygen atoms in total. The third-order valence-electron chi connectivity index (χ3n) is 5.29. The third kappa shape index (κ3) is 5.15. The van der Waals surface area contributed by atoms with Gasteiger partial charge in [-0.15, -0.1) is 0 Å². The van der Waals surface area contributed by atoms with Crippen molar-refractivity contribution >= 4 is 28.4 Å². The number of nitrogens with zero attached hydrogens (tertiary/aromatic N) is 3. The van der Waals surface area contributed by atoms with Crippen LogP contribution in [-0.2, 0) is 0 Å². The highest BCUT2D eigenvalue weighted by Crippen LogP contribution is 2.41. The predicted molar refractivity (Wildman–Crippen MR) is 138 cm³/mol. The van der Waals surface area contributed by atoms with E-state index in [4.69, 9.17) is 19.2 Å². The number of hydrogen-bond acceptors (Lipinski definition) is 8. The van der Waals surface area contributed by atoms with Gasteiger partial charge in [-0.2, -0.15) is 0 Å². The monoisotopic (exact) mass is 489 g/mol. The Labute approximate surface area is 206 Å². The van der Waals surface area contributed by atoms with Gasteiger partial charge in [0, 0.05) is 29.5 Å². The Hall–Kier alpha value is -4.24. The maximum absolute atomic E-state index is 11.1. The molecule has 0 saturated heterocycles. The van der Waals surface area contributed by atoms with Gasteiger partial charge in [0.25, 0.3) is 5.69 Å². The van der Waals surface area contributed by atoms with Crippen molar-refractivity contribution in [1.82, 2.24) is 4.98 Å². The molecule has 0 fully saturated rings. The number of benzene rings is 3. The van der Waals surface area contributed by atoms with Crippen molar-refractivity contribution in [3.8, 4) is 38.9 Å². The van der Waals surface area contributed by atoms with E-state index in [1.165, 1.54) is 23.5 Å². The van der Waals surface area contributed by atoms with Gasteiger partial charge in [0.1, 0.15) is 0 Å². The fourth-order valence-electron chi connectivity index (χ4n) is 3.51. The number of methoxy groups -OCH3 is 3. The van der Waals surface area contributed by atoms with Crippen LogP contribution in [0.25, 0.3) is 21.7 Å². The van der Waals surface area contributed by atoms with Crippen LogP contribution in [0.4, 0.5) is 10.8 Å². The molecule has 0 aliphatic carbocycles. The van der Waals surface area contributed by atoms with E-state index in [1.54, 1.807) is 51.8 Å². The lowest BCUT2D eigenvalue weighted by Gasteiger charge is -2.12. The van der Waals surface area contributed by atoms with E-state index in [0.29, 0.717) is 22.4 Å². The van der Waals surface area contributed by atoms with Gasteiger partial charge in [-0.05, 0) is 36.8 Å². The Bertz CT molecular complexity index is 1350. The molecule has 0 unspecified atom stereocenters. The van der Waals surface area contributed by atoms with Crippen molar-refractivity contribution in [1.29, 1.82) is 0 Å². The Kier molecular flexibility index (Phi) is 7.07. The Morgan fingerprint density at radius 1 is 0.914 bits per heavy atom. The number of thiazole rings is 1. The highest BCUT2D eigenvalue weighted by atomic mass is 32.1. The number of rotatable bonds is 8. The maximum atomic E-state index is 11.1. The molecule has 0 aliphatic heterocycles. The van der Waals surface area contributed by atoms with Crippen LogP contribution in [-0.4, -0.2) is 37.5 Å². The average Bonchev–Trinajstić information content (AvgIpc) is 3.31. The molecule has 0 spiro atoms. The molecule has 178 valence electrons. The first-order valence-electron chi connectivity index (χ1n) is 10.6. The van der Waals surface area contributed by atoms with E-state index < -0.39 is 4.92 Å². The van der Waals surface area contributed by atoms with Crippen LogP contribution >= 0.6 is 11.3 Å². The highest BCUT2D eigenvalue weighted by Gasteiger charge is 2.17. The molecule has 3 aromatic carbocycles. The molecule has 1 aromatic heterocycles. The number of nitro benzene ring substituents is 1. The number of nitro groups is 1. The van der Waals surface area contributed by atoms with Crippen LogP contribution in [0.3, 0.4) is 0 Å². The molecular formula is C26H23N3O5S. The predicted octanol–water partition coefficient (Wildman–Crippen LogP) is 6.47. The molecule has 9 heteroatoms. The largest absolute Gasteiger partial charge is 0.493 e. The summed E-state index contributed by atoms with van der Waals surface area (Å²) in [5.41, 5.74) is 4.47. The minimum absolute atomic E-state index is 0.0378. The fourth-order valence-corrected chi connectivity index (χ4v) is 4.45. The molecule has 1 heterocycles. The van der Waals surface area contributed by atoms with E-state index in [0.717, 1.165) is 32.8 Å². The number of non-ortho nitro benzene ring substituents is 1. The lowest BCUT2D eigenvalue weighted by Crippen LogP contribution is -1.96. The third-order valence-corrected chi connectivity index (χ3v) is 6.30. The Morgan fingerprint density at radius 2 is 1.51 bits per heavy atom. The number of ether oxygens (including phenoxy) is 3. The van der Waals surface area contributed by atoms with E-state index in [9.17, 15) is 10.1 Å². The molecule has 4 aromatic rings. The number of aryl methyl sites for hydroxylation is 1. The molecular weight excluding hydrogens is 466 g/mol. The first-order valence-corrected chi connectivity index (χ1v) is 11.4. The Balaban J connectivity index is 1.76. The van der Waals surface area contributed by atoms with Crippen LogP contribution in [0.1, 0.15) is 11.1 Å². The normalized spacial score (nSPS) is 11.0. The molecule has 0 radical (unpaired) electrons. The summed E-state index contributed by atoms with van der Waals surface area (Å²) in [6, 6.07) is 18.1. The van der Waals surface area contributed by atoms with Crippen LogP contribution in [0.2, 0.25) is 0 Å². The van der Waals surface area contributed by atoms with Crippen molar-refractivity contribution < 1.29 is 19.1 Å². The van der Waals surface area contributed by atoms with E-state index in [-0.39, 0.29) is 5.69 Å². The first kappa shape index (κ1) is 23.9. The van der Waals surface area contributed by atoms with Crippen molar-refractivity contribution in [2.75, 3.05) is 21.3 Å². The summed E-state index contributed by atoms with van der Waals surface area (Å²) >= 11 is 1.41. The van der Waals surface area contributed by atoms with Crippen LogP contribution in [0, 0.1) is 17.0 Å². The summed E-state index contributed by atoms with van der Waals surface area (Å²) in [4.78, 5) is 20.9. The quantitative estimate of drug-likeness (QED) is 0.160. The van der Waals surface area contributed by atoms with Gasteiger partial charge in [-0.3, -0.25) is 10.1 Å². The van der Waals surface area contributed by atoms with E-state index in [1.807, 2.05) is 31.2 Å². The summed E-state index contributed by atoms with van der Waals surface area (Å²) in [6.07, 6.45) is 1.68. The van der Waals surface area contributed by atoms with Crippen LogP contribution < -0.4 is 14.2 Å². The molecule has 0 bridgehead atoms. The van der Waals surface area contributed by atoms with Crippen molar-refractivity contribution in [2.24, 2.45) is 4.99 Å². The summed E-state index contributed by atoms with van der Waals surface area (Å²) < 4.78 is 16.2. The van der Waals surface area contributed by atoms with Crippen molar-refractivity contribution in [3.63, 3.8) is 0 Å². The first-order chi connectivity index (χ1) is 16.9. The van der Waals surface area contributed by atoms with Gasteiger partial charge in [0.2, 0.25) is 10.9 Å². The van der Waals surface area contributed by atoms with Gasteiger partial charge in [0.05, 0.1) is 36.8 Å². The SMILES string of the molecule is COc1cc(C=Nc2nc(-c3ccc(C)cc3)c(-c3ccc([N+](=O)[O-])cc3)s2)cc(OC)c1OC. The number of aromatic nitrogens is 1. The van der Waals surface area contributed by atoms with Crippen molar-refractivity contribution in [3.05, 3.63) is 81.9 Å². The van der Waals surface area contributed by atoms with E-state index in [2.05, 4.69) is 4.99 Å². The second-order valence-electron chi connectivity index (χ2n) is 7.56. The van der Waals surface area contributed by atoms with Gasteiger partial charge in [-0.25, -0.2) is 9.98 Å². The van der Waals surface area contributed by atoms with Gasteiger partial charge in [-0.1, -0.05) is 41.2 Å². The Morgan fingerprint density at radius 3 is 2.06 bits per heavy atom. The zero-order valence-corrected chi connectivity index (χ0v) is 20.5. The average molecular weight is 490 g/mol. The number of aliphatic imine (C=N–C) groups is 1. The van der Waals surface area contributed by atoms with Gasteiger partial charge >= 0.3 is 0 Å². The zero-order chi connectivity index (χ0) is 24.9. The molecule has 4 rings (SSSR count). The topological polar surface area (TPSA) is 96.1 Å². The van der Waals surface area contributed by atoms with Crippen LogP contribution in [0.15, 0.2) is 65.7 Å². The lowest BCUT2D eigenvalue weighted by molar-refractivity contribution is -0.384. The second-order valence-corrected chi connectivity index (χ2v) is 8.54. The van der Waals surface area contributed by atoms with Gasteiger partial charge < -0.3 is 14.2 Å². The molecule has 0 atom stereocenters. The fraction of sp³-hybridized carbons (Fsp3) is 0.154. The van der Waals surface area contributed by atoms with Crippen LogP contribution in [0.5, 0.6) is 17.2 Å². The standard InChI is InChI=1S/C26H23N3O5S/c1-16-5-7-18(8-6-16)23-25(19-9-11-20(12-10-19)29(30)31)35-26(28-23)27-15-17-13-21(32-2)24(34-4)22(14-17)33-3/h5-15H,1-4H3. The molecule has 0 aliphatic rings. The smallest absolute Gasteiger partial charge is 0.269 e. The minimum atomic E-state index is -0.412. The molecule has 35 heavy (non-hydrogen) atoms. The van der Waals surface area contributed by atoms with Gasteiger partial charge in [0.15, 0.2) is 11.5 Å². The number of hydrogen-bond donors (Lipinski definition) is 0. The molecule has 0 amide bonds. The van der Waals surface area contributed by atoms with E-state index >= 15 is 0 Å². The summed E-state index contributed by atoms with van der Waals surface area (Å²) in [5.74, 6) is 1.56. The summed E-state index contributed by atoms with van der Waals surface area (Å²) in [6.45, 7) is 2.02. The zero-order valence-electron chi connectivity index (χ0n) is 19.6. The summed E-state index contributed by atoms with van der Waals surface area (Å²) in [5, 5.41) is 11.6. The highest BCUT2D eigenvalue weighted by molar-refractivity contribution is 7.19. The van der Waals surface area contributed by atoms with Crippen molar-refractivity contribution in [2.45, 2.75) is 6.92 Å². The lowest BCUT2D eigenvalue weighted by atomic mass is 10.1. The minimum Gasteiger partial charge on any atom is -0.493 e. The maximum Gasteiger partial charge on any atom is 0.269 e. The molecule has 0 saturated carbocycles.